The van der Waals surface area contributed by atoms with E-state index in [9.17, 15) is 9.90 Å². The predicted octanol–water partition coefficient (Wildman–Crippen LogP) is 5.30. The number of aryl methyl sites for hydroxylation is 1. The molecule has 0 saturated carbocycles. The van der Waals surface area contributed by atoms with Gasteiger partial charge in [-0.15, -0.1) is 0 Å². The van der Waals surface area contributed by atoms with Crippen LogP contribution in [0.15, 0.2) is 18.3 Å². The topological polar surface area (TPSA) is 132 Å². The maximum atomic E-state index is 16.1. The molecule has 12 nitrogen and oxygen atoms in total. The number of carbonyl (C=O) groups is 1. The van der Waals surface area contributed by atoms with Crippen molar-refractivity contribution in [2.24, 2.45) is 7.05 Å². The lowest BCUT2D eigenvalue weighted by atomic mass is 9.95. The Morgan fingerprint density at radius 2 is 1.94 bits per heavy atom. The Morgan fingerprint density at radius 1 is 1.17 bits per heavy atom. The minimum absolute atomic E-state index is 0.0603. The molecule has 0 unspecified atom stereocenters. The van der Waals surface area contributed by atoms with E-state index in [4.69, 9.17) is 24.5 Å². The van der Waals surface area contributed by atoms with Crippen LogP contribution in [0.25, 0.3) is 33.3 Å². The van der Waals surface area contributed by atoms with Crippen molar-refractivity contribution in [2.45, 2.75) is 109 Å². The fourth-order valence-corrected chi connectivity index (χ4v) is 7.31. The number of aromatic nitrogens is 6. The minimum Gasteiger partial charge on any atom is -0.444 e. The molecular weight excluding hydrogens is 626 g/mol. The maximum absolute atomic E-state index is 16.1. The van der Waals surface area contributed by atoms with Gasteiger partial charge in [0.2, 0.25) is 0 Å². The first-order chi connectivity index (χ1) is 22.1. The lowest BCUT2D eigenvalue weighted by Gasteiger charge is -2.42. The standard InChI is InChI=1S/C32H44F2N8O4Si/c1-32(2,3)46-31(44)36-22-14-18-8-11-24(26(22)34)42(18)29-23(16-43)35-28-27(19-9-10-21-20(25(19)33)15-40(4)38-21)39-41(30(28)37-29)17-45-12-13-47(5,6)7/h9-10,15,18,22,24,26,43H,8,11-14,16-17H2,1-7H3,(H,36,44)/t18-,22-,24+,26-/m0/s1. The molecule has 6 rings (SSSR count). The van der Waals surface area contributed by atoms with Gasteiger partial charge in [0.15, 0.2) is 11.5 Å². The monoisotopic (exact) mass is 670 g/mol. The Bertz CT molecular complexity index is 1800. The molecular formula is C32H44F2N8O4Si. The summed E-state index contributed by atoms with van der Waals surface area (Å²) >= 11 is 0. The van der Waals surface area contributed by atoms with Gasteiger partial charge >= 0.3 is 6.09 Å². The van der Waals surface area contributed by atoms with Crippen LogP contribution in [0.4, 0.5) is 19.4 Å². The number of nitrogens with zero attached hydrogens (tertiary/aromatic N) is 7. The van der Waals surface area contributed by atoms with Gasteiger partial charge in [-0.25, -0.2) is 28.2 Å². The third kappa shape index (κ3) is 6.70. The van der Waals surface area contributed by atoms with Crippen LogP contribution < -0.4 is 10.2 Å². The highest BCUT2D eigenvalue weighted by atomic mass is 28.3. The summed E-state index contributed by atoms with van der Waals surface area (Å²) in [6.07, 6.45) is 1.11. The normalized spacial score (nSPS) is 21.6. The van der Waals surface area contributed by atoms with E-state index in [1.807, 2.05) is 4.90 Å². The van der Waals surface area contributed by atoms with Crippen LogP contribution in [0.2, 0.25) is 25.7 Å². The summed E-state index contributed by atoms with van der Waals surface area (Å²) in [5.41, 5.74) is 1.18. The first-order valence-corrected chi connectivity index (χ1v) is 19.8. The zero-order valence-electron chi connectivity index (χ0n) is 28.0. The van der Waals surface area contributed by atoms with Gasteiger partial charge in [0.1, 0.15) is 41.2 Å². The number of alkyl halides is 1. The lowest BCUT2D eigenvalue weighted by Crippen LogP contribution is -2.59. The molecule has 1 amide bonds. The van der Waals surface area contributed by atoms with Gasteiger partial charge < -0.3 is 24.8 Å². The predicted molar refractivity (Wildman–Crippen MR) is 177 cm³/mol. The zero-order valence-corrected chi connectivity index (χ0v) is 29.0. The van der Waals surface area contributed by atoms with Gasteiger partial charge in [-0.2, -0.15) is 10.2 Å². The number of anilines is 1. The number of hydrogen-bond acceptors (Lipinski definition) is 9. The number of alkyl carbamates (subject to hydrolysis) is 1. The molecule has 4 atom stereocenters. The van der Waals surface area contributed by atoms with E-state index in [2.05, 4.69) is 30.1 Å². The summed E-state index contributed by atoms with van der Waals surface area (Å²) in [5.74, 6) is -0.139. The van der Waals surface area contributed by atoms with Gasteiger partial charge in [-0.1, -0.05) is 19.6 Å². The van der Waals surface area contributed by atoms with Crippen LogP contribution in [0.3, 0.4) is 0 Å². The van der Waals surface area contributed by atoms with E-state index >= 15 is 8.78 Å². The molecule has 0 radical (unpaired) electrons. The van der Waals surface area contributed by atoms with Crippen LogP contribution in [0, 0.1) is 5.82 Å². The second-order valence-electron chi connectivity index (χ2n) is 14.8. The van der Waals surface area contributed by atoms with E-state index in [1.54, 1.807) is 55.5 Å². The number of nitrogens with one attached hydrogen (secondary N) is 1. The number of benzene rings is 1. The smallest absolute Gasteiger partial charge is 0.407 e. The number of aliphatic hydroxyl groups excluding tert-OH is 1. The largest absolute Gasteiger partial charge is 0.444 e. The number of aliphatic hydroxyl groups is 1. The molecule has 1 aromatic carbocycles. The van der Waals surface area contributed by atoms with Crippen LogP contribution in [-0.2, 0) is 29.9 Å². The number of amides is 1. The molecule has 0 aliphatic carbocycles. The number of halogens is 2. The Hall–Kier alpha value is -3.69. The van der Waals surface area contributed by atoms with Crippen molar-refractivity contribution in [3.8, 4) is 11.3 Å². The van der Waals surface area contributed by atoms with E-state index in [-0.39, 0.29) is 29.7 Å². The first-order valence-electron chi connectivity index (χ1n) is 16.1. The van der Waals surface area contributed by atoms with Crippen molar-refractivity contribution in [2.75, 3.05) is 11.5 Å². The molecule has 2 bridgehead atoms. The Labute approximate surface area is 273 Å². The molecule has 2 aliphatic rings. The van der Waals surface area contributed by atoms with Crippen molar-refractivity contribution in [1.82, 2.24) is 34.8 Å². The number of piperidine rings is 1. The first kappa shape index (κ1) is 33.2. The van der Waals surface area contributed by atoms with Crippen LogP contribution in [0.5, 0.6) is 0 Å². The Morgan fingerprint density at radius 3 is 2.64 bits per heavy atom. The summed E-state index contributed by atoms with van der Waals surface area (Å²) in [6, 6.07) is 2.82. The van der Waals surface area contributed by atoms with Gasteiger partial charge in [0, 0.05) is 39.5 Å². The van der Waals surface area contributed by atoms with Crippen molar-refractivity contribution >= 4 is 42.1 Å². The van der Waals surface area contributed by atoms with Gasteiger partial charge in [0.25, 0.3) is 0 Å². The highest BCUT2D eigenvalue weighted by Crippen LogP contribution is 2.42. The fraction of sp³-hybridized carbons (Fsp3) is 0.594. The van der Waals surface area contributed by atoms with Crippen molar-refractivity contribution in [3.63, 3.8) is 0 Å². The van der Waals surface area contributed by atoms with Crippen LogP contribution in [-0.4, -0.2) is 85.3 Å². The summed E-state index contributed by atoms with van der Waals surface area (Å²) in [6.45, 7) is 12.2. The summed E-state index contributed by atoms with van der Waals surface area (Å²) in [5, 5.41) is 22.7. The molecule has 2 fully saturated rings. The molecule has 0 spiro atoms. The van der Waals surface area contributed by atoms with Crippen molar-refractivity contribution in [3.05, 3.63) is 29.8 Å². The molecule has 47 heavy (non-hydrogen) atoms. The molecule has 2 N–H and O–H groups in total. The van der Waals surface area contributed by atoms with E-state index < -0.39 is 50.4 Å². The van der Waals surface area contributed by atoms with Crippen LogP contribution >= 0.6 is 0 Å². The number of ether oxygens (including phenoxy) is 2. The minimum atomic E-state index is -1.41. The van der Waals surface area contributed by atoms with Gasteiger partial charge in [-0.3, -0.25) is 4.68 Å². The summed E-state index contributed by atoms with van der Waals surface area (Å²) < 4.78 is 46.6. The Balaban J connectivity index is 1.39. The second-order valence-corrected chi connectivity index (χ2v) is 20.4. The van der Waals surface area contributed by atoms with Crippen molar-refractivity contribution < 1.29 is 28.2 Å². The molecule has 254 valence electrons. The molecule has 2 aliphatic heterocycles. The SMILES string of the molecule is Cn1cc2c(F)c(-c3nn(COCC[Si](C)(C)C)c4nc(N5[C@H]6CC[C@@H]5[C@@H](F)[C@@H](NC(=O)OC(C)(C)C)C6)c(CO)nc34)ccc2n1. The summed E-state index contributed by atoms with van der Waals surface area (Å²) in [4.78, 5) is 24.2. The molecule has 2 saturated heterocycles. The fourth-order valence-electron chi connectivity index (χ4n) is 6.56. The Kier molecular flexibility index (Phi) is 8.76. The highest BCUT2D eigenvalue weighted by molar-refractivity contribution is 6.76. The highest BCUT2D eigenvalue weighted by Gasteiger charge is 2.50. The number of hydrogen-bond donors (Lipinski definition) is 2. The number of rotatable bonds is 9. The van der Waals surface area contributed by atoms with Gasteiger partial charge in [0.05, 0.1) is 29.6 Å². The van der Waals surface area contributed by atoms with Crippen LogP contribution in [0.1, 0.15) is 45.7 Å². The number of fused-ring (bicyclic) bond motifs is 4. The average molecular weight is 671 g/mol. The third-order valence-corrected chi connectivity index (χ3v) is 10.4. The quantitative estimate of drug-likeness (QED) is 0.180. The zero-order chi connectivity index (χ0) is 33.8. The van der Waals surface area contributed by atoms with E-state index in [1.165, 1.54) is 0 Å². The van der Waals surface area contributed by atoms with E-state index in [0.717, 1.165) is 6.04 Å². The number of carbonyl (C=O) groups excluding carboxylic acids is 1. The average Bonchev–Trinajstić information content (AvgIpc) is 3.64. The van der Waals surface area contributed by atoms with E-state index in [0.29, 0.717) is 53.8 Å². The second kappa shape index (κ2) is 12.4. The molecule has 15 heteroatoms. The molecule has 4 aromatic rings. The third-order valence-electron chi connectivity index (χ3n) is 8.74. The van der Waals surface area contributed by atoms with Crippen molar-refractivity contribution in [1.29, 1.82) is 0 Å². The van der Waals surface area contributed by atoms with Gasteiger partial charge in [-0.05, 0) is 58.2 Å². The lowest BCUT2D eigenvalue weighted by molar-refractivity contribution is 0.0447. The summed E-state index contributed by atoms with van der Waals surface area (Å²) in [7, 11) is 0.370. The maximum Gasteiger partial charge on any atom is 0.407 e. The molecule has 5 heterocycles. The molecule has 3 aromatic heterocycles.